The van der Waals surface area contributed by atoms with Gasteiger partial charge in [-0.05, 0) is 43.2 Å². The topological polar surface area (TPSA) is 79.7 Å². The summed E-state index contributed by atoms with van der Waals surface area (Å²) >= 11 is 0. The molecular formula is C23H33N5O3. The second-order valence-electron chi connectivity index (χ2n) is 8.64. The largest absolute Gasteiger partial charge is 0.366 e. The number of urea groups is 1. The Hall–Kier alpha value is -2.61. The second-order valence-corrected chi connectivity index (χ2v) is 8.64. The molecule has 3 saturated heterocycles. The molecule has 8 heteroatoms. The second kappa shape index (κ2) is 9.68. The molecule has 0 bridgehead atoms. The number of aryl methyl sites for hydroxylation is 1. The molecule has 4 rings (SSSR count). The fourth-order valence-corrected chi connectivity index (χ4v) is 4.76. The normalized spacial score (nSPS) is 25.6. The highest BCUT2D eigenvalue weighted by molar-refractivity contribution is 5.79. The van der Waals surface area contributed by atoms with Crippen LogP contribution in [-0.4, -0.2) is 76.5 Å². The average Bonchev–Trinajstić information content (AvgIpc) is 3.21. The van der Waals surface area contributed by atoms with Crippen LogP contribution in [0.1, 0.15) is 38.3 Å². The van der Waals surface area contributed by atoms with Crippen LogP contribution in [0.3, 0.4) is 0 Å². The van der Waals surface area contributed by atoms with Gasteiger partial charge in [-0.15, -0.1) is 0 Å². The average molecular weight is 428 g/mol. The van der Waals surface area contributed by atoms with E-state index in [1.807, 2.05) is 33.8 Å². The summed E-state index contributed by atoms with van der Waals surface area (Å²) in [5.74, 6) is 0.397. The van der Waals surface area contributed by atoms with Gasteiger partial charge in [-0.25, -0.2) is 4.79 Å². The van der Waals surface area contributed by atoms with Crippen LogP contribution in [0.4, 0.5) is 4.79 Å². The minimum absolute atomic E-state index is 0.0324. The highest BCUT2D eigenvalue weighted by Crippen LogP contribution is 2.23. The van der Waals surface area contributed by atoms with Crippen LogP contribution in [0.25, 0.3) is 5.57 Å². The number of hydrogen-bond donors (Lipinski definition) is 1. The van der Waals surface area contributed by atoms with Crippen molar-refractivity contribution >= 4 is 17.5 Å². The first-order valence-electron chi connectivity index (χ1n) is 11.4. The number of carbonyl (C=O) groups is 2. The van der Waals surface area contributed by atoms with Gasteiger partial charge in [0.25, 0.3) is 0 Å². The number of likely N-dealkylation sites (tertiary alicyclic amines) is 2. The van der Waals surface area contributed by atoms with Crippen molar-refractivity contribution in [1.82, 2.24) is 24.9 Å². The summed E-state index contributed by atoms with van der Waals surface area (Å²) in [5.41, 5.74) is 2.42. The van der Waals surface area contributed by atoms with Crippen LogP contribution in [0.15, 0.2) is 30.5 Å². The molecule has 0 aromatic carbocycles. The fourth-order valence-electron chi connectivity index (χ4n) is 4.76. The van der Waals surface area contributed by atoms with E-state index in [9.17, 15) is 9.59 Å². The molecule has 1 unspecified atom stereocenters. The van der Waals surface area contributed by atoms with Crippen molar-refractivity contribution in [2.24, 2.45) is 13.0 Å². The van der Waals surface area contributed by atoms with E-state index >= 15 is 0 Å². The summed E-state index contributed by atoms with van der Waals surface area (Å²) in [6.07, 6.45) is 12.2. The van der Waals surface area contributed by atoms with Crippen molar-refractivity contribution in [3.8, 4) is 0 Å². The van der Waals surface area contributed by atoms with Gasteiger partial charge in [-0.1, -0.05) is 25.2 Å². The zero-order chi connectivity index (χ0) is 21.8. The molecule has 1 N–H and O–H groups in total. The Labute approximate surface area is 183 Å². The summed E-state index contributed by atoms with van der Waals surface area (Å²) in [5, 5.41) is 7.22. The molecule has 0 saturated carbocycles. The molecule has 0 aliphatic carbocycles. The van der Waals surface area contributed by atoms with Gasteiger partial charge in [0.05, 0.1) is 17.8 Å². The molecule has 31 heavy (non-hydrogen) atoms. The standard InChI is InChI=1S/C23H33N5O3/c1-3-18(20-7-11-24-26(20)2)6-4-5-17-8-12-27(13-9-17)23(30)28-14-10-21-19(15-28)25-22(29)16-31-21/h4-7,11,17,19,21H,3,8-10,12-16H2,1-2H3,(H,25,29)/b5-4+,18-6+/t19-,21?/m1/s1. The number of ether oxygens (including phenoxy) is 1. The number of aromatic nitrogens is 2. The van der Waals surface area contributed by atoms with E-state index < -0.39 is 0 Å². The highest BCUT2D eigenvalue weighted by atomic mass is 16.5. The van der Waals surface area contributed by atoms with E-state index in [-0.39, 0.29) is 30.7 Å². The number of allylic oxidation sites excluding steroid dienone is 4. The Morgan fingerprint density at radius 3 is 2.74 bits per heavy atom. The van der Waals surface area contributed by atoms with Gasteiger partial charge in [0, 0.05) is 39.4 Å². The number of fused-ring (bicyclic) bond motifs is 1. The van der Waals surface area contributed by atoms with Crippen LogP contribution in [0, 0.1) is 5.92 Å². The van der Waals surface area contributed by atoms with E-state index in [2.05, 4.69) is 35.6 Å². The fraction of sp³-hybridized carbons (Fsp3) is 0.609. The first-order valence-corrected chi connectivity index (χ1v) is 11.4. The molecule has 3 aliphatic rings. The smallest absolute Gasteiger partial charge is 0.320 e. The summed E-state index contributed by atoms with van der Waals surface area (Å²) in [6.45, 7) is 5.06. The summed E-state index contributed by atoms with van der Waals surface area (Å²) in [4.78, 5) is 28.4. The van der Waals surface area contributed by atoms with Gasteiger partial charge < -0.3 is 19.9 Å². The number of nitrogens with zero attached hydrogens (tertiary/aromatic N) is 4. The molecule has 0 spiro atoms. The maximum absolute atomic E-state index is 13.0. The van der Waals surface area contributed by atoms with Gasteiger partial charge in [-0.3, -0.25) is 9.48 Å². The Kier molecular flexibility index (Phi) is 6.75. The Morgan fingerprint density at radius 1 is 1.26 bits per heavy atom. The lowest BCUT2D eigenvalue weighted by atomic mass is 9.96. The third-order valence-corrected chi connectivity index (χ3v) is 6.62. The van der Waals surface area contributed by atoms with Crippen molar-refractivity contribution < 1.29 is 14.3 Å². The van der Waals surface area contributed by atoms with Gasteiger partial charge in [-0.2, -0.15) is 5.10 Å². The number of hydrogen-bond acceptors (Lipinski definition) is 4. The van der Waals surface area contributed by atoms with E-state index in [1.165, 1.54) is 5.57 Å². The van der Waals surface area contributed by atoms with Gasteiger partial charge in [0.1, 0.15) is 6.61 Å². The molecule has 3 amide bonds. The maximum Gasteiger partial charge on any atom is 0.320 e. The van der Waals surface area contributed by atoms with Crippen molar-refractivity contribution in [1.29, 1.82) is 0 Å². The lowest BCUT2D eigenvalue weighted by Gasteiger charge is -2.43. The molecule has 4 heterocycles. The third kappa shape index (κ3) is 5.01. The number of nitrogens with one attached hydrogen (secondary N) is 1. The predicted molar refractivity (Wildman–Crippen MR) is 118 cm³/mol. The number of carbonyl (C=O) groups excluding carboxylic acids is 2. The van der Waals surface area contributed by atoms with Gasteiger partial charge in [0.15, 0.2) is 0 Å². The molecule has 1 aromatic rings. The Morgan fingerprint density at radius 2 is 2.03 bits per heavy atom. The van der Waals surface area contributed by atoms with Crippen LogP contribution in [0.2, 0.25) is 0 Å². The lowest BCUT2D eigenvalue weighted by molar-refractivity contribution is -0.139. The Bertz CT molecular complexity index is 853. The van der Waals surface area contributed by atoms with Crippen LogP contribution >= 0.6 is 0 Å². The number of piperidine rings is 2. The van der Waals surface area contributed by atoms with Crippen LogP contribution in [-0.2, 0) is 16.6 Å². The van der Waals surface area contributed by atoms with E-state index in [1.54, 1.807) is 0 Å². The van der Waals surface area contributed by atoms with E-state index in [0.29, 0.717) is 19.0 Å². The minimum atomic E-state index is -0.0909. The molecule has 2 atom stereocenters. The lowest BCUT2D eigenvalue weighted by Crippen LogP contribution is -2.62. The quantitative estimate of drug-likeness (QED) is 0.747. The number of morpholine rings is 1. The van der Waals surface area contributed by atoms with Gasteiger partial charge >= 0.3 is 6.03 Å². The highest BCUT2D eigenvalue weighted by Gasteiger charge is 2.37. The SMILES string of the molecule is CC/C(=C\C=C\C1CCN(C(=O)N2CCC3OCC(=O)N[C@@H]3C2)CC1)c1ccnn1C. The van der Waals surface area contributed by atoms with Crippen molar-refractivity contribution in [3.63, 3.8) is 0 Å². The first kappa shape index (κ1) is 21.6. The molecule has 8 nitrogen and oxygen atoms in total. The van der Waals surface area contributed by atoms with Crippen molar-refractivity contribution in [3.05, 3.63) is 36.2 Å². The monoisotopic (exact) mass is 427 g/mol. The minimum Gasteiger partial charge on any atom is -0.366 e. The van der Waals surface area contributed by atoms with Crippen molar-refractivity contribution in [2.75, 3.05) is 32.8 Å². The molecular weight excluding hydrogens is 394 g/mol. The Balaban J connectivity index is 1.27. The summed E-state index contributed by atoms with van der Waals surface area (Å²) in [6, 6.07) is 2.05. The number of rotatable bonds is 4. The predicted octanol–water partition coefficient (Wildman–Crippen LogP) is 2.19. The molecule has 3 aliphatic heterocycles. The molecule has 0 radical (unpaired) electrons. The van der Waals surface area contributed by atoms with Crippen LogP contribution < -0.4 is 5.32 Å². The van der Waals surface area contributed by atoms with Crippen LogP contribution in [0.5, 0.6) is 0 Å². The third-order valence-electron chi connectivity index (χ3n) is 6.62. The maximum atomic E-state index is 13.0. The molecule has 3 fully saturated rings. The summed E-state index contributed by atoms with van der Waals surface area (Å²) in [7, 11) is 1.97. The molecule has 168 valence electrons. The van der Waals surface area contributed by atoms with E-state index in [4.69, 9.17) is 4.74 Å². The van der Waals surface area contributed by atoms with Gasteiger partial charge in [0.2, 0.25) is 5.91 Å². The number of amides is 3. The zero-order valence-corrected chi connectivity index (χ0v) is 18.5. The van der Waals surface area contributed by atoms with Crippen molar-refractivity contribution in [2.45, 2.75) is 44.8 Å². The zero-order valence-electron chi connectivity index (χ0n) is 18.5. The van der Waals surface area contributed by atoms with E-state index in [0.717, 1.165) is 44.5 Å². The molecule has 1 aromatic heterocycles. The first-order chi connectivity index (χ1) is 15.0. The summed E-state index contributed by atoms with van der Waals surface area (Å²) < 4.78 is 7.50.